The summed E-state index contributed by atoms with van der Waals surface area (Å²) in [5.41, 5.74) is 0.375. The zero-order chi connectivity index (χ0) is 17.9. The lowest BCUT2D eigenvalue weighted by atomic mass is 10.3. The number of anilines is 1. The predicted octanol–water partition coefficient (Wildman–Crippen LogP) is 4.45. The van der Waals surface area contributed by atoms with Gasteiger partial charge in [-0.25, -0.2) is 8.42 Å². The van der Waals surface area contributed by atoms with E-state index in [0.717, 1.165) is 3.79 Å². The molecule has 0 fully saturated rings. The fraction of sp³-hybridized carbons (Fsp3) is 0.267. The van der Waals surface area contributed by atoms with Gasteiger partial charge in [-0.2, -0.15) is 4.31 Å². The summed E-state index contributed by atoms with van der Waals surface area (Å²) in [5.74, 6) is -0.306. The molecule has 2 aromatic rings. The predicted molar refractivity (Wildman–Crippen MR) is 102 cm³/mol. The van der Waals surface area contributed by atoms with Gasteiger partial charge >= 0.3 is 0 Å². The van der Waals surface area contributed by atoms with Gasteiger partial charge in [0.1, 0.15) is 4.90 Å². The Morgan fingerprint density at radius 1 is 1.25 bits per heavy atom. The summed E-state index contributed by atoms with van der Waals surface area (Å²) in [6, 6.07) is 7.89. The van der Waals surface area contributed by atoms with E-state index in [9.17, 15) is 13.2 Å². The minimum Gasteiger partial charge on any atom is -0.321 e. The van der Waals surface area contributed by atoms with Crippen molar-refractivity contribution in [3.63, 3.8) is 0 Å². The molecule has 1 heterocycles. The zero-order valence-electron chi connectivity index (χ0n) is 13.0. The van der Waals surface area contributed by atoms with Crippen LogP contribution in [0.3, 0.4) is 0 Å². The van der Waals surface area contributed by atoms with Gasteiger partial charge in [0.15, 0.2) is 0 Å². The third kappa shape index (κ3) is 4.18. The number of nitrogens with zero attached hydrogens (tertiary/aromatic N) is 1. The van der Waals surface area contributed by atoms with Crippen LogP contribution in [0, 0.1) is 0 Å². The maximum absolute atomic E-state index is 12.7. The first-order valence-corrected chi connectivity index (χ1v) is 10.6. The summed E-state index contributed by atoms with van der Waals surface area (Å²) < 4.78 is 27.5. The average Bonchev–Trinajstić information content (AvgIpc) is 2.96. The molecule has 0 unspecified atom stereocenters. The number of carbonyl (C=O) groups excluding carboxylic acids is 1. The van der Waals surface area contributed by atoms with Gasteiger partial charge in [-0.15, -0.1) is 11.3 Å². The van der Waals surface area contributed by atoms with Crippen LogP contribution in [-0.2, 0) is 10.0 Å². The van der Waals surface area contributed by atoms with E-state index >= 15 is 0 Å². The summed E-state index contributed by atoms with van der Waals surface area (Å²) in [6.45, 7) is 4.20. The third-order valence-electron chi connectivity index (χ3n) is 3.31. The van der Waals surface area contributed by atoms with Crippen molar-refractivity contribution in [2.24, 2.45) is 0 Å². The number of sulfonamides is 1. The minimum atomic E-state index is -3.71. The van der Waals surface area contributed by atoms with E-state index in [-0.39, 0.29) is 15.8 Å². The van der Waals surface area contributed by atoms with E-state index in [1.54, 1.807) is 32.0 Å². The Morgan fingerprint density at radius 3 is 2.46 bits per heavy atom. The molecule has 1 aromatic carbocycles. The number of hydrogen-bond acceptors (Lipinski definition) is 4. The van der Waals surface area contributed by atoms with Crippen LogP contribution >= 0.6 is 38.9 Å². The van der Waals surface area contributed by atoms with Gasteiger partial charge in [-0.05, 0) is 46.3 Å². The molecule has 0 bridgehead atoms. The highest BCUT2D eigenvalue weighted by Crippen LogP contribution is 2.29. The van der Waals surface area contributed by atoms with Gasteiger partial charge in [0.25, 0.3) is 5.91 Å². The van der Waals surface area contributed by atoms with E-state index < -0.39 is 10.0 Å². The number of amides is 1. The molecular weight excluding hydrogens is 436 g/mol. The summed E-state index contributed by atoms with van der Waals surface area (Å²) >= 11 is 10.7. The quantitative estimate of drug-likeness (QED) is 0.706. The van der Waals surface area contributed by atoms with Crippen molar-refractivity contribution in [3.8, 4) is 0 Å². The van der Waals surface area contributed by atoms with Gasteiger partial charge in [-0.3, -0.25) is 4.79 Å². The van der Waals surface area contributed by atoms with Gasteiger partial charge < -0.3 is 5.32 Å². The van der Waals surface area contributed by atoms with E-state index in [2.05, 4.69) is 21.2 Å². The number of carbonyl (C=O) groups is 1. The molecular formula is C15H16BrClN2O3S2. The molecule has 0 atom stereocenters. The van der Waals surface area contributed by atoms with Crippen LogP contribution in [0.15, 0.2) is 39.0 Å². The number of thiophene rings is 1. The van der Waals surface area contributed by atoms with Gasteiger partial charge in [0.2, 0.25) is 10.0 Å². The van der Waals surface area contributed by atoms with Gasteiger partial charge in [-0.1, -0.05) is 25.4 Å². The summed E-state index contributed by atoms with van der Waals surface area (Å²) in [5, 5.41) is 2.82. The first kappa shape index (κ1) is 19.4. The molecule has 0 saturated heterocycles. The first-order chi connectivity index (χ1) is 11.3. The van der Waals surface area contributed by atoms with Crippen molar-refractivity contribution in [1.82, 2.24) is 4.31 Å². The zero-order valence-corrected chi connectivity index (χ0v) is 17.0. The lowest BCUT2D eigenvalue weighted by molar-refractivity contribution is 0.103. The highest BCUT2D eigenvalue weighted by molar-refractivity contribution is 9.11. The van der Waals surface area contributed by atoms with Crippen LogP contribution in [0.1, 0.15) is 23.5 Å². The minimum absolute atomic E-state index is 0.0157. The molecule has 0 saturated carbocycles. The highest BCUT2D eigenvalue weighted by atomic mass is 79.9. The van der Waals surface area contributed by atoms with Crippen LogP contribution < -0.4 is 5.32 Å². The molecule has 0 spiro atoms. The van der Waals surface area contributed by atoms with Crippen LogP contribution in [0.2, 0.25) is 5.02 Å². The Labute approximate surface area is 158 Å². The Hall–Kier alpha value is -0.930. The number of hydrogen-bond donors (Lipinski definition) is 1. The normalized spacial score (nSPS) is 11.7. The molecule has 1 aromatic heterocycles. The second-order valence-electron chi connectivity index (χ2n) is 4.79. The summed E-state index contributed by atoms with van der Waals surface area (Å²) in [4.78, 5) is 12.7. The second-order valence-corrected chi connectivity index (χ2v) is 9.57. The molecule has 0 aliphatic rings. The SMILES string of the molecule is CCN(CC)S(=O)(=O)c1cc(NC(=O)c2ccc(Br)s2)ccc1Cl. The maximum Gasteiger partial charge on any atom is 0.265 e. The van der Waals surface area contributed by atoms with E-state index in [1.165, 1.54) is 27.8 Å². The van der Waals surface area contributed by atoms with Crippen molar-refractivity contribution in [2.45, 2.75) is 18.7 Å². The van der Waals surface area contributed by atoms with Crippen LogP contribution in [0.25, 0.3) is 0 Å². The third-order valence-corrected chi connectivity index (χ3v) is 7.46. The van der Waals surface area contributed by atoms with Crippen LogP contribution in [0.4, 0.5) is 5.69 Å². The fourth-order valence-electron chi connectivity index (χ4n) is 2.11. The van der Waals surface area contributed by atoms with E-state index in [0.29, 0.717) is 23.7 Å². The molecule has 5 nitrogen and oxygen atoms in total. The van der Waals surface area contributed by atoms with Gasteiger partial charge in [0.05, 0.1) is 13.7 Å². The second kappa shape index (κ2) is 7.97. The lowest BCUT2D eigenvalue weighted by Crippen LogP contribution is -2.30. The van der Waals surface area contributed by atoms with Crippen molar-refractivity contribution < 1.29 is 13.2 Å². The Balaban J connectivity index is 2.33. The number of rotatable bonds is 6. The standard InChI is InChI=1S/C15H16BrClN2O3S2/c1-3-19(4-2)24(21,22)13-9-10(5-6-11(13)17)18-15(20)12-7-8-14(16)23-12/h5-9H,3-4H2,1-2H3,(H,18,20). The molecule has 24 heavy (non-hydrogen) atoms. The Morgan fingerprint density at radius 2 is 1.92 bits per heavy atom. The highest BCUT2D eigenvalue weighted by Gasteiger charge is 2.25. The molecule has 1 N–H and O–H groups in total. The Bertz CT molecular complexity index is 848. The average molecular weight is 452 g/mol. The summed E-state index contributed by atoms with van der Waals surface area (Å²) in [6.07, 6.45) is 0. The molecule has 0 radical (unpaired) electrons. The summed E-state index contributed by atoms with van der Waals surface area (Å²) in [7, 11) is -3.71. The van der Waals surface area contributed by atoms with Crippen molar-refractivity contribution >= 4 is 60.5 Å². The van der Waals surface area contributed by atoms with Crippen LogP contribution in [0.5, 0.6) is 0 Å². The molecule has 2 rings (SSSR count). The molecule has 1 amide bonds. The lowest BCUT2D eigenvalue weighted by Gasteiger charge is -2.19. The number of halogens is 2. The number of nitrogens with one attached hydrogen (secondary N) is 1. The smallest absolute Gasteiger partial charge is 0.265 e. The van der Waals surface area contributed by atoms with Crippen LogP contribution in [-0.4, -0.2) is 31.7 Å². The topological polar surface area (TPSA) is 66.5 Å². The monoisotopic (exact) mass is 450 g/mol. The molecule has 0 aliphatic carbocycles. The maximum atomic E-state index is 12.7. The number of benzene rings is 1. The fourth-order valence-corrected chi connectivity index (χ4v) is 5.35. The largest absolute Gasteiger partial charge is 0.321 e. The van der Waals surface area contributed by atoms with E-state index in [1.807, 2.05) is 0 Å². The molecule has 9 heteroatoms. The van der Waals surface area contributed by atoms with Crippen molar-refractivity contribution in [2.75, 3.05) is 18.4 Å². The van der Waals surface area contributed by atoms with Crippen molar-refractivity contribution in [3.05, 3.63) is 44.0 Å². The molecule has 130 valence electrons. The molecule has 0 aliphatic heterocycles. The van der Waals surface area contributed by atoms with Crippen molar-refractivity contribution in [1.29, 1.82) is 0 Å². The van der Waals surface area contributed by atoms with E-state index in [4.69, 9.17) is 11.6 Å². The van der Waals surface area contributed by atoms with Gasteiger partial charge in [0, 0.05) is 18.8 Å². The first-order valence-electron chi connectivity index (χ1n) is 7.16. The Kier molecular flexibility index (Phi) is 6.44.